The summed E-state index contributed by atoms with van der Waals surface area (Å²) in [6.45, 7) is 4.33. The van der Waals surface area contributed by atoms with Crippen molar-refractivity contribution in [3.63, 3.8) is 0 Å². The van der Waals surface area contributed by atoms with E-state index in [9.17, 15) is 9.59 Å². The number of amides is 2. The van der Waals surface area contributed by atoms with Crippen molar-refractivity contribution in [1.82, 2.24) is 0 Å². The van der Waals surface area contributed by atoms with E-state index in [2.05, 4.69) is 38.1 Å². The zero-order valence-corrected chi connectivity index (χ0v) is 12.9. The summed E-state index contributed by atoms with van der Waals surface area (Å²) in [5.74, 6) is 0.273. The standard InChI is InChI=1S/C19H19NO2/c1-13(2)14-6-8-15(9-7-14)16-4-3-5-17(12-16)20-18(21)10-11-19(20)22/h3-9,12-13H,10-11H2,1-2H3. The van der Waals surface area contributed by atoms with Crippen LogP contribution in [0.1, 0.15) is 38.2 Å². The summed E-state index contributed by atoms with van der Waals surface area (Å²) in [6, 6.07) is 16.0. The molecular weight excluding hydrogens is 274 g/mol. The van der Waals surface area contributed by atoms with Gasteiger partial charge in [-0.25, -0.2) is 0 Å². The monoisotopic (exact) mass is 293 g/mol. The number of benzene rings is 2. The third kappa shape index (κ3) is 2.67. The Balaban J connectivity index is 1.94. The van der Waals surface area contributed by atoms with Gasteiger partial charge in [0.05, 0.1) is 5.69 Å². The van der Waals surface area contributed by atoms with Gasteiger partial charge in [0, 0.05) is 12.8 Å². The molecule has 2 amide bonds. The van der Waals surface area contributed by atoms with E-state index in [1.54, 1.807) is 0 Å². The molecule has 1 heterocycles. The molecule has 3 nitrogen and oxygen atoms in total. The van der Waals surface area contributed by atoms with Crippen LogP contribution in [0.4, 0.5) is 5.69 Å². The lowest BCUT2D eigenvalue weighted by atomic mass is 9.98. The smallest absolute Gasteiger partial charge is 0.234 e. The number of imide groups is 1. The molecule has 3 rings (SSSR count). The van der Waals surface area contributed by atoms with E-state index in [1.807, 2.05) is 24.3 Å². The van der Waals surface area contributed by atoms with Gasteiger partial charge in [-0.3, -0.25) is 14.5 Å². The van der Waals surface area contributed by atoms with E-state index in [0.29, 0.717) is 24.4 Å². The minimum atomic E-state index is -0.114. The van der Waals surface area contributed by atoms with Crippen LogP contribution in [0.2, 0.25) is 0 Å². The molecule has 1 aliphatic heterocycles. The van der Waals surface area contributed by atoms with Crippen molar-refractivity contribution in [2.75, 3.05) is 4.90 Å². The first-order valence-electron chi connectivity index (χ1n) is 7.62. The van der Waals surface area contributed by atoms with E-state index in [1.165, 1.54) is 10.5 Å². The van der Waals surface area contributed by atoms with Crippen LogP contribution >= 0.6 is 0 Å². The zero-order valence-electron chi connectivity index (χ0n) is 12.9. The maximum absolute atomic E-state index is 11.9. The lowest BCUT2D eigenvalue weighted by Crippen LogP contribution is -2.28. The van der Waals surface area contributed by atoms with Gasteiger partial charge in [-0.05, 0) is 34.7 Å². The van der Waals surface area contributed by atoms with E-state index in [0.717, 1.165) is 11.1 Å². The number of nitrogens with zero attached hydrogens (tertiary/aromatic N) is 1. The third-order valence-corrected chi connectivity index (χ3v) is 4.07. The van der Waals surface area contributed by atoms with Crippen LogP contribution in [-0.2, 0) is 9.59 Å². The van der Waals surface area contributed by atoms with Gasteiger partial charge in [0.1, 0.15) is 0 Å². The van der Waals surface area contributed by atoms with Gasteiger partial charge in [0.2, 0.25) is 11.8 Å². The van der Waals surface area contributed by atoms with Crippen molar-refractivity contribution in [3.05, 3.63) is 54.1 Å². The first-order chi connectivity index (χ1) is 10.6. The summed E-state index contributed by atoms with van der Waals surface area (Å²) in [5.41, 5.74) is 4.06. The number of hydrogen-bond acceptors (Lipinski definition) is 2. The molecule has 0 N–H and O–H groups in total. The van der Waals surface area contributed by atoms with Gasteiger partial charge in [-0.1, -0.05) is 50.2 Å². The summed E-state index contributed by atoms with van der Waals surface area (Å²) in [7, 11) is 0. The number of carbonyl (C=O) groups is 2. The van der Waals surface area contributed by atoms with Crippen molar-refractivity contribution < 1.29 is 9.59 Å². The largest absolute Gasteiger partial charge is 0.274 e. The molecule has 2 aromatic carbocycles. The molecule has 0 saturated carbocycles. The lowest BCUT2D eigenvalue weighted by molar-refractivity contribution is -0.121. The fourth-order valence-electron chi connectivity index (χ4n) is 2.75. The molecule has 1 fully saturated rings. The normalized spacial score (nSPS) is 15.0. The Kier molecular flexibility index (Phi) is 3.80. The van der Waals surface area contributed by atoms with Gasteiger partial charge in [-0.15, -0.1) is 0 Å². The Labute approximate surface area is 130 Å². The van der Waals surface area contributed by atoms with Crippen molar-refractivity contribution >= 4 is 17.5 Å². The number of anilines is 1. The van der Waals surface area contributed by atoms with E-state index in [4.69, 9.17) is 0 Å². The van der Waals surface area contributed by atoms with Crippen LogP contribution in [-0.4, -0.2) is 11.8 Å². The lowest BCUT2D eigenvalue weighted by Gasteiger charge is -2.15. The van der Waals surface area contributed by atoms with Crippen LogP contribution in [0.15, 0.2) is 48.5 Å². The molecule has 1 saturated heterocycles. The van der Waals surface area contributed by atoms with Gasteiger partial charge in [0.25, 0.3) is 0 Å². The summed E-state index contributed by atoms with van der Waals surface area (Å²) in [4.78, 5) is 25.0. The second-order valence-electron chi connectivity index (χ2n) is 5.95. The van der Waals surface area contributed by atoms with Gasteiger partial charge < -0.3 is 0 Å². The van der Waals surface area contributed by atoms with Crippen LogP contribution < -0.4 is 4.90 Å². The third-order valence-electron chi connectivity index (χ3n) is 4.07. The number of hydrogen-bond donors (Lipinski definition) is 0. The van der Waals surface area contributed by atoms with Gasteiger partial charge >= 0.3 is 0 Å². The Morgan fingerprint density at radius 2 is 1.50 bits per heavy atom. The van der Waals surface area contributed by atoms with Crippen molar-refractivity contribution in [2.45, 2.75) is 32.6 Å². The molecule has 0 spiro atoms. The van der Waals surface area contributed by atoms with Gasteiger partial charge in [0.15, 0.2) is 0 Å². The van der Waals surface area contributed by atoms with E-state index in [-0.39, 0.29) is 11.8 Å². The molecule has 0 atom stereocenters. The summed E-state index contributed by atoms with van der Waals surface area (Å²) in [6.07, 6.45) is 0.623. The van der Waals surface area contributed by atoms with E-state index >= 15 is 0 Å². The molecule has 0 radical (unpaired) electrons. The fourth-order valence-corrected chi connectivity index (χ4v) is 2.75. The molecule has 22 heavy (non-hydrogen) atoms. The highest BCUT2D eigenvalue weighted by Crippen LogP contribution is 2.29. The zero-order chi connectivity index (χ0) is 15.7. The minimum absolute atomic E-state index is 0.114. The molecule has 0 aliphatic carbocycles. The van der Waals surface area contributed by atoms with Crippen LogP contribution in [0.5, 0.6) is 0 Å². The molecule has 0 unspecified atom stereocenters. The van der Waals surface area contributed by atoms with Crippen LogP contribution in [0.3, 0.4) is 0 Å². The molecule has 2 aromatic rings. The molecule has 112 valence electrons. The Bertz CT molecular complexity index is 700. The Morgan fingerprint density at radius 3 is 2.09 bits per heavy atom. The van der Waals surface area contributed by atoms with Crippen molar-refractivity contribution in [3.8, 4) is 11.1 Å². The summed E-state index contributed by atoms with van der Waals surface area (Å²) >= 11 is 0. The number of carbonyl (C=O) groups excluding carboxylic acids is 2. The average Bonchev–Trinajstić information content (AvgIpc) is 2.86. The van der Waals surface area contributed by atoms with Crippen LogP contribution in [0.25, 0.3) is 11.1 Å². The quantitative estimate of drug-likeness (QED) is 0.798. The second-order valence-corrected chi connectivity index (χ2v) is 5.95. The molecule has 0 bridgehead atoms. The first-order valence-corrected chi connectivity index (χ1v) is 7.62. The average molecular weight is 293 g/mol. The minimum Gasteiger partial charge on any atom is -0.274 e. The highest BCUT2D eigenvalue weighted by Gasteiger charge is 2.30. The maximum atomic E-state index is 11.9. The Morgan fingerprint density at radius 1 is 0.864 bits per heavy atom. The van der Waals surface area contributed by atoms with Crippen molar-refractivity contribution in [2.24, 2.45) is 0 Å². The number of rotatable bonds is 3. The second kappa shape index (κ2) is 5.76. The van der Waals surface area contributed by atoms with Crippen LogP contribution in [0, 0.1) is 0 Å². The van der Waals surface area contributed by atoms with Crippen molar-refractivity contribution in [1.29, 1.82) is 0 Å². The summed E-state index contributed by atoms with van der Waals surface area (Å²) < 4.78 is 0. The molecule has 1 aliphatic rings. The molecule has 0 aromatic heterocycles. The maximum Gasteiger partial charge on any atom is 0.234 e. The molecular formula is C19H19NO2. The predicted octanol–water partition coefficient (Wildman–Crippen LogP) is 4.13. The topological polar surface area (TPSA) is 37.4 Å². The SMILES string of the molecule is CC(C)c1ccc(-c2cccc(N3C(=O)CCC3=O)c2)cc1. The first kappa shape index (κ1) is 14.5. The summed E-state index contributed by atoms with van der Waals surface area (Å²) in [5, 5.41) is 0. The highest BCUT2D eigenvalue weighted by atomic mass is 16.2. The van der Waals surface area contributed by atoms with E-state index < -0.39 is 0 Å². The Hall–Kier alpha value is -2.42. The van der Waals surface area contributed by atoms with Gasteiger partial charge in [-0.2, -0.15) is 0 Å². The fraction of sp³-hybridized carbons (Fsp3) is 0.263. The predicted molar refractivity (Wildman–Crippen MR) is 87.7 cm³/mol. The highest BCUT2D eigenvalue weighted by molar-refractivity contribution is 6.19. The molecule has 3 heteroatoms.